The summed E-state index contributed by atoms with van der Waals surface area (Å²) in [6.07, 6.45) is 1.49. The minimum absolute atomic E-state index is 0.152. The average molecular weight is 349 g/mol. The van der Waals surface area contributed by atoms with Gasteiger partial charge in [0.15, 0.2) is 11.6 Å². The van der Waals surface area contributed by atoms with E-state index in [1.807, 2.05) is 24.3 Å². The summed E-state index contributed by atoms with van der Waals surface area (Å²) in [6.45, 7) is 1.57. The van der Waals surface area contributed by atoms with Gasteiger partial charge in [0.2, 0.25) is 5.91 Å². The van der Waals surface area contributed by atoms with Crippen LogP contribution in [0.5, 0.6) is 5.75 Å². The van der Waals surface area contributed by atoms with E-state index in [0.717, 1.165) is 30.3 Å². The molecule has 1 heterocycles. The van der Waals surface area contributed by atoms with Gasteiger partial charge in [-0.2, -0.15) is 0 Å². The van der Waals surface area contributed by atoms with Gasteiger partial charge in [-0.15, -0.1) is 0 Å². The molecule has 0 aliphatic carbocycles. The SMILES string of the molecule is O=C1CCCN1c1cccc(CNCc2cc(Cl)cc(F)c2O)c1. The van der Waals surface area contributed by atoms with Gasteiger partial charge in [0.1, 0.15) is 0 Å². The van der Waals surface area contributed by atoms with Crippen molar-refractivity contribution < 1.29 is 14.3 Å². The molecule has 1 amide bonds. The topological polar surface area (TPSA) is 52.6 Å². The molecule has 0 radical (unpaired) electrons. The molecular weight excluding hydrogens is 331 g/mol. The molecule has 2 N–H and O–H groups in total. The Morgan fingerprint density at radius 2 is 2.08 bits per heavy atom. The van der Waals surface area contributed by atoms with E-state index in [-0.39, 0.29) is 23.2 Å². The molecule has 0 atom stereocenters. The number of halogens is 2. The van der Waals surface area contributed by atoms with Gasteiger partial charge in [0.25, 0.3) is 0 Å². The van der Waals surface area contributed by atoms with E-state index in [1.54, 1.807) is 4.90 Å². The summed E-state index contributed by atoms with van der Waals surface area (Å²) in [5.41, 5.74) is 2.31. The monoisotopic (exact) mass is 348 g/mol. The van der Waals surface area contributed by atoms with E-state index in [9.17, 15) is 14.3 Å². The highest BCUT2D eigenvalue weighted by atomic mass is 35.5. The summed E-state index contributed by atoms with van der Waals surface area (Å²) in [7, 11) is 0. The lowest BCUT2D eigenvalue weighted by atomic mass is 10.1. The number of phenolic OH excluding ortho intramolecular Hbond substituents is 1. The Morgan fingerprint density at radius 1 is 1.25 bits per heavy atom. The summed E-state index contributed by atoms with van der Waals surface area (Å²) in [5.74, 6) is -0.961. The van der Waals surface area contributed by atoms with Gasteiger partial charge in [0, 0.05) is 42.3 Å². The van der Waals surface area contributed by atoms with Crippen LogP contribution in [0.1, 0.15) is 24.0 Å². The third-order valence-electron chi connectivity index (χ3n) is 4.05. The Hall–Kier alpha value is -2.11. The summed E-state index contributed by atoms with van der Waals surface area (Å²) in [6, 6.07) is 10.4. The lowest BCUT2D eigenvalue weighted by Crippen LogP contribution is -2.23. The van der Waals surface area contributed by atoms with Gasteiger partial charge in [-0.25, -0.2) is 4.39 Å². The zero-order valence-corrected chi connectivity index (χ0v) is 13.8. The summed E-state index contributed by atoms with van der Waals surface area (Å²) in [4.78, 5) is 13.6. The third-order valence-corrected chi connectivity index (χ3v) is 4.27. The van der Waals surface area contributed by atoms with Gasteiger partial charge in [-0.05, 0) is 36.2 Å². The number of aromatic hydroxyl groups is 1. The van der Waals surface area contributed by atoms with E-state index in [4.69, 9.17) is 11.6 Å². The second-order valence-corrected chi connectivity index (χ2v) is 6.25. The number of carbonyl (C=O) groups excluding carboxylic acids is 1. The fraction of sp³-hybridized carbons (Fsp3) is 0.278. The second-order valence-electron chi connectivity index (χ2n) is 5.82. The Morgan fingerprint density at radius 3 is 2.83 bits per heavy atom. The molecule has 3 rings (SSSR count). The van der Waals surface area contributed by atoms with Crippen molar-refractivity contribution in [3.63, 3.8) is 0 Å². The van der Waals surface area contributed by atoms with E-state index in [1.165, 1.54) is 6.07 Å². The number of phenols is 1. The van der Waals surface area contributed by atoms with E-state index < -0.39 is 5.82 Å². The molecule has 0 unspecified atom stereocenters. The number of nitrogens with zero attached hydrogens (tertiary/aromatic N) is 1. The summed E-state index contributed by atoms with van der Waals surface area (Å²) < 4.78 is 13.5. The molecule has 126 valence electrons. The van der Waals surface area contributed by atoms with Crippen LogP contribution in [0.3, 0.4) is 0 Å². The van der Waals surface area contributed by atoms with Crippen molar-refractivity contribution in [1.82, 2.24) is 5.32 Å². The summed E-state index contributed by atoms with van der Waals surface area (Å²) >= 11 is 5.81. The molecule has 0 saturated carbocycles. The number of anilines is 1. The number of amides is 1. The minimum Gasteiger partial charge on any atom is -0.505 e. The largest absolute Gasteiger partial charge is 0.505 e. The molecule has 1 saturated heterocycles. The number of carbonyl (C=O) groups is 1. The van der Waals surface area contributed by atoms with Crippen LogP contribution in [0.2, 0.25) is 5.02 Å². The molecule has 2 aromatic rings. The van der Waals surface area contributed by atoms with Crippen LogP contribution in [-0.4, -0.2) is 17.6 Å². The van der Waals surface area contributed by atoms with Crippen molar-refractivity contribution in [3.05, 3.63) is 58.4 Å². The lowest BCUT2D eigenvalue weighted by Gasteiger charge is -2.17. The number of rotatable bonds is 5. The molecule has 0 bridgehead atoms. The molecule has 6 heteroatoms. The molecular formula is C18H18ClFN2O2. The lowest BCUT2D eigenvalue weighted by molar-refractivity contribution is -0.117. The number of hydrogen-bond donors (Lipinski definition) is 2. The Bertz CT molecular complexity index is 767. The molecule has 1 fully saturated rings. The molecule has 0 spiro atoms. The van der Waals surface area contributed by atoms with Crippen molar-refractivity contribution in [1.29, 1.82) is 0 Å². The van der Waals surface area contributed by atoms with E-state index in [0.29, 0.717) is 18.5 Å². The first-order valence-corrected chi connectivity index (χ1v) is 8.19. The van der Waals surface area contributed by atoms with Crippen molar-refractivity contribution in [2.24, 2.45) is 0 Å². The normalized spacial score (nSPS) is 14.4. The van der Waals surface area contributed by atoms with Crippen molar-refractivity contribution in [3.8, 4) is 5.75 Å². The van der Waals surface area contributed by atoms with Gasteiger partial charge < -0.3 is 15.3 Å². The molecule has 0 aromatic heterocycles. The quantitative estimate of drug-likeness (QED) is 0.868. The highest BCUT2D eigenvalue weighted by Crippen LogP contribution is 2.26. The molecule has 1 aliphatic heterocycles. The molecule has 24 heavy (non-hydrogen) atoms. The second kappa shape index (κ2) is 7.20. The van der Waals surface area contributed by atoms with Gasteiger partial charge in [0.05, 0.1) is 0 Å². The first-order valence-electron chi connectivity index (χ1n) is 7.81. The Kier molecular flexibility index (Phi) is 5.02. The van der Waals surface area contributed by atoms with Crippen molar-refractivity contribution in [2.75, 3.05) is 11.4 Å². The predicted octanol–water partition coefficient (Wildman–Crippen LogP) is 3.60. The standard InChI is InChI=1S/C18H18ClFN2O2/c19-14-8-13(18(24)16(20)9-14)11-21-10-12-3-1-4-15(7-12)22-6-2-5-17(22)23/h1,3-4,7-9,21,24H,2,5-6,10-11H2. The fourth-order valence-corrected chi connectivity index (χ4v) is 3.08. The number of hydrogen-bond acceptors (Lipinski definition) is 3. The smallest absolute Gasteiger partial charge is 0.227 e. The van der Waals surface area contributed by atoms with Crippen LogP contribution >= 0.6 is 11.6 Å². The zero-order valence-electron chi connectivity index (χ0n) is 13.1. The van der Waals surface area contributed by atoms with E-state index in [2.05, 4.69) is 5.32 Å². The minimum atomic E-state index is -0.728. The Balaban J connectivity index is 1.64. The fourth-order valence-electron chi connectivity index (χ4n) is 2.85. The van der Waals surface area contributed by atoms with Gasteiger partial charge in [-0.1, -0.05) is 23.7 Å². The van der Waals surface area contributed by atoms with Crippen LogP contribution < -0.4 is 10.2 Å². The predicted molar refractivity (Wildman–Crippen MR) is 91.6 cm³/mol. The number of benzene rings is 2. The van der Waals surface area contributed by atoms with Crippen LogP contribution in [0, 0.1) is 5.82 Å². The summed E-state index contributed by atoms with van der Waals surface area (Å²) in [5, 5.41) is 13.1. The highest BCUT2D eigenvalue weighted by Gasteiger charge is 2.21. The van der Waals surface area contributed by atoms with Crippen LogP contribution in [0.25, 0.3) is 0 Å². The average Bonchev–Trinajstić information content (AvgIpc) is 2.98. The maximum absolute atomic E-state index is 13.5. The Labute approximate surface area is 144 Å². The molecule has 2 aromatic carbocycles. The van der Waals surface area contributed by atoms with Crippen molar-refractivity contribution >= 4 is 23.2 Å². The van der Waals surface area contributed by atoms with Gasteiger partial charge >= 0.3 is 0 Å². The van der Waals surface area contributed by atoms with Crippen LogP contribution in [-0.2, 0) is 17.9 Å². The van der Waals surface area contributed by atoms with E-state index >= 15 is 0 Å². The highest BCUT2D eigenvalue weighted by molar-refractivity contribution is 6.30. The number of nitrogens with one attached hydrogen (secondary N) is 1. The van der Waals surface area contributed by atoms with Crippen molar-refractivity contribution in [2.45, 2.75) is 25.9 Å². The first-order chi connectivity index (χ1) is 11.5. The van der Waals surface area contributed by atoms with Gasteiger partial charge in [-0.3, -0.25) is 4.79 Å². The maximum Gasteiger partial charge on any atom is 0.227 e. The first kappa shape index (κ1) is 16.7. The molecule has 4 nitrogen and oxygen atoms in total. The third kappa shape index (κ3) is 3.68. The molecule has 1 aliphatic rings. The van der Waals surface area contributed by atoms with Crippen LogP contribution in [0.15, 0.2) is 36.4 Å². The maximum atomic E-state index is 13.5. The zero-order chi connectivity index (χ0) is 17.1. The van der Waals surface area contributed by atoms with Crippen LogP contribution in [0.4, 0.5) is 10.1 Å².